The Morgan fingerprint density at radius 1 is 0.939 bits per heavy atom. The highest BCUT2D eigenvalue weighted by molar-refractivity contribution is 5.27. The molecule has 7 unspecified atom stereocenters. The molecule has 0 bridgehead atoms. The average molecular weight is 457 g/mol. The molecule has 0 aromatic heterocycles. The number of rotatable bonds is 2. The van der Waals surface area contributed by atoms with Crippen molar-refractivity contribution in [2.45, 2.75) is 99.0 Å². The lowest BCUT2D eigenvalue weighted by atomic mass is 9.33. The molecule has 186 valence electrons. The van der Waals surface area contributed by atoms with Gasteiger partial charge in [-0.25, -0.2) is 0 Å². The van der Waals surface area contributed by atoms with Crippen LogP contribution in [-0.2, 0) is 0 Å². The van der Waals surface area contributed by atoms with Crippen LogP contribution in [0.1, 0.15) is 92.9 Å². The van der Waals surface area contributed by atoms with Crippen LogP contribution in [0, 0.1) is 56.7 Å². The first kappa shape index (κ1) is 23.9. The van der Waals surface area contributed by atoms with Crippen LogP contribution in [0.3, 0.4) is 0 Å². The lowest BCUT2D eigenvalue weighted by Gasteiger charge is -2.72. The van der Waals surface area contributed by atoms with E-state index in [1.54, 1.807) is 0 Å². The zero-order valence-corrected chi connectivity index (χ0v) is 22.0. The third kappa shape index (κ3) is 2.76. The second kappa shape index (κ2) is 7.12. The first-order chi connectivity index (χ1) is 15.3. The molecule has 3 heteroatoms. The first-order valence-electron chi connectivity index (χ1n) is 13.6. The van der Waals surface area contributed by atoms with Crippen LogP contribution in [0.15, 0.2) is 24.0 Å². The van der Waals surface area contributed by atoms with Gasteiger partial charge in [-0.3, -0.25) is 0 Å². The molecule has 0 spiro atoms. The topological polar surface area (TPSA) is 60.7 Å². The quantitative estimate of drug-likeness (QED) is 0.407. The Balaban J connectivity index is 1.59. The van der Waals surface area contributed by atoms with E-state index in [4.69, 9.17) is 0 Å². The summed E-state index contributed by atoms with van der Waals surface area (Å²) in [7, 11) is 0. The van der Waals surface area contributed by atoms with Crippen molar-refractivity contribution in [2.75, 3.05) is 6.61 Å². The molecule has 0 aliphatic heterocycles. The van der Waals surface area contributed by atoms with Crippen molar-refractivity contribution in [3.8, 4) is 0 Å². The molecule has 5 aliphatic rings. The molecule has 0 aromatic carbocycles. The second-order valence-corrected chi connectivity index (χ2v) is 14.4. The summed E-state index contributed by atoms with van der Waals surface area (Å²) in [4.78, 5) is 0. The van der Waals surface area contributed by atoms with Crippen molar-refractivity contribution in [3.05, 3.63) is 24.0 Å². The molecule has 10 atom stereocenters. The predicted octanol–water partition coefficient (Wildman–Crippen LogP) is 6.66. The predicted molar refractivity (Wildman–Crippen MR) is 134 cm³/mol. The average Bonchev–Trinajstić information content (AvgIpc) is 3.13. The fourth-order valence-electron chi connectivity index (χ4n) is 11.2. The molecule has 3 nitrogen and oxygen atoms in total. The lowest BCUT2D eigenvalue weighted by Crippen LogP contribution is -2.66. The molecule has 4 saturated carbocycles. The van der Waals surface area contributed by atoms with Crippen molar-refractivity contribution in [2.24, 2.45) is 56.7 Å². The highest BCUT2D eigenvalue weighted by Crippen LogP contribution is 2.77. The summed E-state index contributed by atoms with van der Waals surface area (Å²) < 4.78 is 0. The maximum atomic E-state index is 10.8. The zero-order chi connectivity index (χ0) is 24.2. The minimum absolute atomic E-state index is 0.0905. The van der Waals surface area contributed by atoms with E-state index in [-0.39, 0.29) is 32.8 Å². The highest BCUT2D eigenvalue weighted by Gasteiger charge is 2.70. The molecule has 3 N–H and O–H groups in total. The summed E-state index contributed by atoms with van der Waals surface area (Å²) in [6.45, 7) is 18.8. The van der Waals surface area contributed by atoms with Crippen LogP contribution in [-0.4, -0.2) is 28.0 Å². The minimum Gasteiger partial charge on any atom is -0.510 e. The van der Waals surface area contributed by atoms with Crippen LogP contribution in [0.4, 0.5) is 0 Å². The van der Waals surface area contributed by atoms with Crippen molar-refractivity contribution < 1.29 is 15.3 Å². The first-order valence-corrected chi connectivity index (χ1v) is 13.6. The van der Waals surface area contributed by atoms with Crippen LogP contribution < -0.4 is 0 Å². The van der Waals surface area contributed by atoms with E-state index in [1.165, 1.54) is 37.7 Å². The van der Waals surface area contributed by atoms with Gasteiger partial charge in [0.1, 0.15) is 11.9 Å². The summed E-state index contributed by atoms with van der Waals surface area (Å²) in [5.74, 6) is 2.80. The van der Waals surface area contributed by atoms with Crippen molar-refractivity contribution in [1.82, 2.24) is 0 Å². The van der Waals surface area contributed by atoms with E-state index in [0.29, 0.717) is 36.2 Å². The maximum absolute atomic E-state index is 10.8. The van der Waals surface area contributed by atoms with Crippen LogP contribution in [0.5, 0.6) is 0 Å². The third-order valence-electron chi connectivity index (χ3n) is 13.1. The summed E-state index contributed by atoms with van der Waals surface area (Å²) in [5, 5.41) is 32.3. The Labute approximate surface area is 201 Å². The normalized spacial score (nSPS) is 55.0. The number of aliphatic hydroxyl groups excluding tert-OH is 3. The van der Waals surface area contributed by atoms with Crippen LogP contribution in [0.25, 0.3) is 0 Å². The lowest BCUT2D eigenvalue weighted by molar-refractivity contribution is -0.229. The van der Waals surface area contributed by atoms with Gasteiger partial charge in [-0.05, 0) is 116 Å². The summed E-state index contributed by atoms with van der Waals surface area (Å²) >= 11 is 0. The van der Waals surface area contributed by atoms with E-state index in [0.717, 1.165) is 19.3 Å². The van der Waals surface area contributed by atoms with E-state index in [1.807, 2.05) is 0 Å². The number of hydrogen-bond donors (Lipinski definition) is 3. The molecule has 5 aliphatic carbocycles. The number of aliphatic hydroxyl groups is 3. The van der Waals surface area contributed by atoms with Crippen molar-refractivity contribution in [3.63, 3.8) is 0 Å². The Morgan fingerprint density at radius 2 is 1.64 bits per heavy atom. The maximum Gasteiger partial charge on any atom is 0.118 e. The monoisotopic (exact) mass is 456 g/mol. The fourth-order valence-corrected chi connectivity index (χ4v) is 11.2. The van der Waals surface area contributed by atoms with Gasteiger partial charge in [-0.1, -0.05) is 46.8 Å². The molecule has 0 heterocycles. The summed E-state index contributed by atoms with van der Waals surface area (Å²) in [6, 6.07) is 0. The van der Waals surface area contributed by atoms with Crippen molar-refractivity contribution in [1.29, 1.82) is 0 Å². The van der Waals surface area contributed by atoms with Gasteiger partial charge in [-0.15, -0.1) is 0 Å². The Morgan fingerprint density at radius 3 is 2.27 bits per heavy atom. The van der Waals surface area contributed by atoms with E-state index >= 15 is 0 Å². The fraction of sp³-hybridized carbons (Fsp3) is 0.867. The number of allylic oxidation sites excluding steroid dienone is 2. The van der Waals surface area contributed by atoms with Crippen LogP contribution in [0.2, 0.25) is 0 Å². The molecule has 0 aromatic rings. The SMILES string of the molecule is C=C(C)C1CC[C@]2(CO)CC[C@@]3(C)C(CCC4C5(C)C=C(O)[C@H](O)C(C)(C)C5CCC43C)C12. The number of fused-ring (bicyclic) bond motifs is 7. The number of hydrogen-bond acceptors (Lipinski definition) is 3. The van der Waals surface area contributed by atoms with Gasteiger partial charge < -0.3 is 15.3 Å². The zero-order valence-electron chi connectivity index (χ0n) is 22.0. The smallest absolute Gasteiger partial charge is 0.118 e. The molecule has 0 saturated heterocycles. The van der Waals surface area contributed by atoms with Gasteiger partial charge >= 0.3 is 0 Å². The van der Waals surface area contributed by atoms with Gasteiger partial charge in [0.25, 0.3) is 0 Å². The second-order valence-electron chi connectivity index (χ2n) is 14.4. The molecule has 0 radical (unpaired) electrons. The molecule has 33 heavy (non-hydrogen) atoms. The molecule has 4 fully saturated rings. The summed E-state index contributed by atoms with van der Waals surface area (Å²) in [5.41, 5.74) is 1.42. The Bertz CT molecular complexity index is 874. The highest BCUT2D eigenvalue weighted by atomic mass is 16.3. The molecular weight excluding hydrogens is 408 g/mol. The molecule has 5 rings (SSSR count). The third-order valence-corrected chi connectivity index (χ3v) is 13.1. The Kier molecular flexibility index (Phi) is 5.16. The van der Waals surface area contributed by atoms with Gasteiger partial charge in [0.2, 0.25) is 0 Å². The van der Waals surface area contributed by atoms with Gasteiger partial charge in [0, 0.05) is 12.0 Å². The summed E-state index contributed by atoms with van der Waals surface area (Å²) in [6.07, 6.45) is 10.7. The van der Waals surface area contributed by atoms with Gasteiger partial charge in [-0.2, -0.15) is 0 Å². The minimum atomic E-state index is -0.762. The molecular formula is C30H48O3. The largest absolute Gasteiger partial charge is 0.510 e. The van der Waals surface area contributed by atoms with E-state index in [9.17, 15) is 15.3 Å². The van der Waals surface area contributed by atoms with E-state index in [2.05, 4.69) is 54.2 Å². The molecule has 0 amide bonds. The standard InChI is InChI=1S/C30H48O3/c1-18(2)19-10-13-30(17-31)15-14-28(6)20(24(19)30)8-9-23-27(5)16-21(32)25(33)26(3,4)22(27)11-12-29(23,28)7/h16,19-20,22-25,31-33H,1,8-15,17H2,2-7H3/t19?,20?,22?,23?,24?,25-,27?,28-,29?,30+/m0/s1. The van der Waals surface area contributed by atoms with E-state index < -0.39 is 6.10 Å². The Hall–Kier alpha value is -0.800. The van der Waals surface area contributed by atoms with Crippen molar-refractivity contribution >= 4 is 0 Å². The van der Waals surface area contributed by atoms with Crippen LogP contribution >= 0.6 is 0 Å². The van der Waals surface area contributed by atoms with Gasteiger partial charge in [0.15, 0.2) is 0 Å². The van der Waals surface area contributed by atoms with Gasteiger partial charge in [0.05, 0.1) is 0 Å².